The first kappa shape index (κ1) is 14.8. The zero-order chi connectivity index (χ0) is 12.7. The van der Waals surface area contributed by atoms with Gasteiger partial charge in [-0.25, -0.2) is 0 Å². The molecule has 1 heterocycles. The van der Waals surface area contributed by atoms with Gasteiger partial charge in [-0.1, -0.05) is 13.3 Å². The summed E-state index contributed by atoms with van der Waals surface area (Å²) in [5.74, 6) is -0.185. The molecule has 0 saturated carbocycles. The standard InChI is InChI=1S/C10H20NO5P/c1-3-4-10(13)9(11-8(2)12)7-16-17-14-5-6-15-17/h9-10,13H,3-7H2,1-2H3,(H,11,12)/t9-,10+/m0/s1. The Balaban J connectivity index is 2.35. The molecular formula is C10H20NO5P. The summed E-state index contributed by atoms with van der Waals surface area (Å²) in [5.41, 5.74) is 0. The van der Waals surface area contributed by atoms with Gasteiger partial charge in [-0.05, 0) is 6.42 Å². The summed E-state index contributed by atoms with van der Waals surface area (Å²) in [7, 11) is -1.30. The van der Waals surface area contributed by atoms with Crippen LogP contribution in [0.25, 0.3) is 0 Å². The summed E-state index contributed by atoms with van der Waals surface area (Å²) in [5, 5.41) is 12.5. The summed E-state index contributed by atoms with van der Waals surface area (Å²) < 4.78 is 15.7. The van der Waals surface area contributed by atoms with Gasteiger partial charge in [0.05, 0.1) is 32.0 Å². The Labute approximate surface area is 103 Å². The molecule has 2 atom stereocenters. The fourth-order valence-corrected chi connectivity index (χ4v) is 2.44. The molecule has 1 amide bonds. The van der Waals surface area contributed by atoms with E-state index in [2.05, 4.69) is 5.32 Å². The number of carbonyl (C=O) groups excluding carboxylic acids is 1. The van der Waals surface area contributed by atoms with Crippen LogP contribution < -0.4 is 5.32 Å². The third kappa shape index (κ3) is 5.75. The fraction of sp³-hybridized carbons (Fsp3) is 0.900. The predicted molar refractivity (Wildman–Crippen MR) is 63.3 cm³/mol. The van der Waals surface area contributed by atoms with Crippen LogP contribution in [0.4, 0.5) is 0 Å². The quantitative estimate of drug-likeness (QED) is 0.670. The van der Waals surface area contributed by atoms with Gasteiger partial charge in [0.2, 0.25) is 5.91 Å². The summed E-state index contributed by atoms with van der Waals surface area (Å²) in [6.07, 6.45) is 0.856. The zero-order valence-electron chi connectivity index (χ0n) is 10.2. The lowest BCUT2D eigenvalue weighted by atomic mass is 10.1. The zero-order valence-corrected chi connectivity index (χ0v) is 11.1. The lowest BCUT2D eigenvalue weighted by Crippen LogP contribution is -2.45. The molecule has 1 rings (SSSR count). The fourth-order valence-electron chi connectivity index (χ4n) is 1.48. The lowest BCUT2D eigenvalue weighted by Gasteiger charge is -2.23. The minimum absolute atomic E-state index is 0.185. The lowest BCUT2D eigenvalue weighted by molar-refractivity contribution is -0.121. The van der Waals surface area contributed by atoms with Crippen LogP contribution in [0.3, 0.4) is 0 Å². The summed E-state index contributed by atoms with van der Waals surface area (Å²) in [6.45, 7) is 4.66. The van der Waals surface area contributed by atoms with E-state index in [-0.39, 0.29) is 12.5 Å². The average molecular weight is 265 g/mol. The van der Waals surface area contributed by atoms with Crippen molar-refractivity contribution >= 4 is 14.5 Å². The van der Waals surface area contributed by atoms with Gasteiger partial charge in [0.25, 0.3) is 0 Å². The van der Waals surface area contributed by atoms with E-state index in [1.54, 1.807) is 0 Å². The van der Waals surface area contributed by atoms with Crippen LogP contribution in [0.15, 0.2) is 0 Å². The van der Waals surface area contributed by atoms with Crippen molar-refractivity contribution in [3.63, 3.8) is 0 Å². The van der Waals surface area contributed by atoms with Crippen LogP contribution in [0.2, 0.25) is 0 Å². The maximum atomic E-state index is 11.0. The minimum atomic E-state index is -1.30. The maximum absolute atomic E-state index is 11.0. The first-order chi connectivity index (χ1) is 8.13. The van der Waals surface area contributed by atoms with Gasteiger partial charge in [0, 0.05) is 6.92 Å². The van der Waals surface area contributed by atoms with Crippen LogP contribution in [0.1, 0.15) is 26.7 Å². The Morgan fingerprint density at radius 1 is 1.53 bits per heavy atom. The van der Waals surface area contributed by atoms with Gasteiger partial charge in [0.1, 0.15) is 0 Å². The molecule has 7 heteroatoms. The van der Waals surface area contributed by atoms with Crippen molar-refractivity contribution in [2.75, 3.05) is 19.8 Å². The third-order valence-corrected chi connectivity index (χ3v) is 3.42. The molecule has 0 radical (unpaired) electrons. The van der Waals surface area contributed by atoms with Crippen molar-refractivity contribution in [3.05, 3.63) is 0 Å². The van der Waals surface area contributed by atoms with E-state index in [1.807, 2.05) is 6.92 Å². The number of aliphatic hydroxyl groups excluding tert-OH is 1. The monoisotopic (exact) mass is 265 g/mol. The van der Waals surface area contributed by atoms with E-state index in [0.29, 0.717) is 19.6 Å². The largest absolute Gasteiger partial charge is 0.391 e. The molecule has 0 spiro atoms. The highest BCUT2D eigenvalue weighted by Gasteiger charge is 2.25. The van der Waals surface area contributed by atoms with Crippen LogP contribution in [0.5, 0.6) is 0 Å². The predicted octanol–water partition coefficient (Wildman–Crippen LogP) is 0.942. The van der Waals surface area contributed by atoms with Gasteiger partial charge in [-0.3, -0.25) is 4.79 Å². The van der Waals surface area contributed by atoms with Gasteiger partial charge < -0.3 is 24.0 Å². The molecule has 100 valence electrons. The average Bonchev–Trinajstić information content (AvgIpc) is 2.76. The van der Waals surface area contributed by atoms with Crippen LogP contribution in [-0.2, 0) is 18.4 Å². The van der Waals surface area contributed by atoms with E-state index >= 15 is 0 Å². The topological polar surface area (TPSA) is 77.0 Å². The van der Waals surface area contributed by atoms with Gasteiger partial charge in [-0.15, -0.1) is 0 Å². The van der Waals surface area contributed by atoms with E-state index in [1.165, 1.54) is 6.92 Å². The van der Waals surface area contributed by atoms with Gasteiger partial charge >= 0.3 is 8.60 Å². The summed E-state index contributed by atoms with van der Waals surface area (Å²) in [4.78, 5) is 11.0. The Kier molecular flexibility index (Phi) is 6.92. The number of hydrogen-bond acceptors (Lipinski definition) is 5. The minimum Gasteiger partial charge on any atom is -0.391 e. The normalized spacial score (nSPS) is 20.2. The first-order valence-corrected chi connectivity index (χ1v) is 6.87. The van der Waals surface area contributed by atoms with Crippen molar-refractivity contribution in [1.29, 1.82) is 0 Å². The molecule has 0 unspecified atom stereocenters. The number of amides is 1. The molecule has 17 heavy (non-hydrogen) atoms. The molecule has 0 bridgehead atoms. The van der Waals surface area contributed by atoms with E-state index in [4.69, 9.17) is 13.6 Å². The van der Waals surface area contributed by atoms with E-state index < -0.39 is 20.7 Å². The highest BCUT2D eigenvalue weighted by molar-refractivity contribution is 7.41. The molecule has 2 N–H and O–H groups in total. The smallest absolute Gasteiger partial charge is 0.332 e. The highest BCUT2D eigenvalue weighted by atomic mass is 31.2. The number of carbonyl (C=O) groups is 1. The Morgan fingerprint density at radius 2 is 2.18 bits per heavy atom. The maximum Gasteiger partial charge on any atom is 0.332 e. The van der Waals surface area contributed by atoms with Crippen molar-refractivity contribution < 1.29 is 23.5 Å². The Hall–Kier alpha value is -0.260. The van der Waals surface area contributed by atoms with E-state index in [0.717, 1.165) is 6.42 Å². The second kappa shape index (κ2) is 7.95. The SMILES string of the molecule is CCC[C@@H](O)[C@H](COP1OCCO1)NC(C)=O. The second-order valence-corrected chi connectivity index (χ2v) is 5.07. The molecule has 1 fully saturated rings. The van der Waals surface area contributed by atoms with Crippen molar-refractivity contribution in [3.8, 4) is 0 Å². The number of rotatable bonds is 7. The van der Waals surface area contributed by atoms with E-state index in [9.17, 15) is 9.90 Å². The molecule has 0 aromatic rings. The summed E-state index contributed by atoms with van der Waals surface area (Å²) >= 11 is 0. The van der Waals surface area contributed by atoms with Crippen molar-refractivity contribution in [1.82, 2.24) is 5.32 Å². The summed E-state index contributed by atoms with van der Waals surface area (Å²) in [6, 6.07) is -0.414. The molecule has 0 aromatic carbocycles. The second-order valence-electron chi connectivity index (χ2n) is 3.85. The molecular weight excluding hydrogens is 245 g/mol. The van der Waals surface area contributed by atoms with Crippen molar-refractivity contribution in [2.24, 2.45) is 0 Å². The van der Waals surface area contributed by atoms with Gasteiger partial charge in [-0.2, -0.15) is 0 Å². The molecule has 1 aliphatic rings. The third-order valence-electron chi connectivity index (χ3n) is 2.27. The van der Waals surface area contributed by atoms with Gasteiger partial charge in [0.15, 0.2) is 0 Å². The highest BCUT2D eigenvalue weighted by Crippen LogP contribution is 2.43. The number of hydrogen-bond donors (Lipinski definition) is 2. The first-order valence-electron chi connectivity index (χ1n) is 5.77. The molecule has 0 aliphatic carbocycles. The number of aliphatic hydroxyl groups is 1. The molecule has 0 aromatic heterocycles. The van der Waals surface area contributed by atoms with Crippen LogP contribution >= 0.6 is 8.60 Å². The molecule has 1 aliphatic heterocycles. The van der Waals surface area contributed by atoms with Crippen LogP contribution in [0, 0.1) is 0 Å². The Bertz CT molecular complexity index is 235. The van der Waals surface area contributed by atoms with Crippen LogP contribution in [-0.4, -0.2) is 43.0 Å². The number of nitrogens with one attached hydrogen (secondary N) is 1. The Morgan fingerprint density at radius 3 is 2.71 bits per heavy atom. The molecule has 6 nitrogen and oxygen atoms in total. The van der Waals surface area contributed by atoms with Crippen molar-refractivity contribution in [2.45, 2.75) is 38.8 Å². The molecule has 1 saturated heterocycles.